The quantitative estimate of drug-likeness (QED) is 0.506. The Morgan fingerprint density at radius 3 is 2.55 bits per heavy atom. The van der Waals surface area contributed by atoms with Gasteiger partial charge in [-0.3, -0.25) is 14.9 Å². The maximum Gasteiger partial charge on any atom is 0.258 e. The molecule has 3 aromatic rings. The number of aryl methyl sites for hydroxylation is 2. The van der Waals surface area contributed by atoms with E-state index in [1.807, 2.05) is 43.3 Å². The summed E-state index contributed by atoms with van der Waals surface area (Å²) in [6, 6.07) is 14.9. The molecule has 29 heavy (non-hydrogen) atoms. The topological polar surface area (TPSA) is 84.0 Å². The Morgan fingerprint density at radius 1 is 1.03 bits per heavy atom. The van der Waals surface area contributed by atoms with Crippen LogP contribution in [0.5, 0.6) is 0 Å². The molecule has 2 amide bonds. The van der Waals surface area contributed by atoms with Gasteiger partial charge in [-0.1, -0.05) is 48.1 Å². The van der Waals surface area contributed by atoms with Crippen molar-refractivity contribution in [3.63, 3.8) is 0 Å². The number of nitrogens with zero attached hydrogens (tertiary/aromatic N) is 2. The van der Waals surface area contributed by atoms with Gasteiger partial charge in [0.05, 0.1) is 11.3 Å². The summed E-state index contributed by atoms with van der Waals surface area (Å²) in [5, 5.41) is 15.1. The summed E-state index contributed by atoms with van der Waals surface area (Å²) in [4.78, 5) is 25.7. The van der Waals surface area contributed by atoms with Crippen LogP contribution in [0.4, 0.5) is 10.8 Å². The highest BCUT2D eigenvalue weighted by molar-refractivity contribution is 8.00. The number of hydrogen-bond acceptors (Lipinski definition) is 6. The summed E-state index contributed by atoms with van der Waals surface area (Å²) >= 11 is 2.71. The molecule has 0 fully saturated rings. The molecule has 3 rings (SSSR count). The summed E-state index contributed by atoms with van der Waals surface area (Å²) in [6.07, 6.45) is 1.82. The number of carbonyl (C=O) groups is 2. The van der Waals surface area contributed by atoms with E-state index in [4.69, 9.17) is 0 Å². The monoisotopic (exact) mass is 426 g/mol. The molecule has 0 saturated heterocycles. The van der Waals surface area contributed by atoms with E-state index in [1.165, 1.54) is 23.1 Å². The van der Waals surface area contributed by atoms with Gasteiger partial charge in [0, 0.05) is 17.0 Å². The summed E-state index contributed by atoms with van der Waals surface area (Å²) in [5.41, 5.74) is 2.40. The van der Waals surface area contributed by atoms with Crippen molar-refractivity contribution in [1.29, 1.82) is 0 Å². The van der Waals surface area contributed by atoms with Crippen LogP contribution in [0.1, 0.15) is 34.3 Å². The third-order valence-electron chi connectivity index (χ3n) is 3.98. The van der Waals surface area contributed by atoms with E-state index >= 15 is 0 Å². The maximum atomic E-state index is 12.7. The van der Waals surface area contributed by atoms with E-state index < -0.39 is 0 Å². The van der Waals surface area contributed by atoms with Gasteiger partial charge in [-0.25, -0.2) is 0 Å². The first-order valence-corrected chi connectivity index (χ1v) is 11.1. The zero-order valence-corrected chi connectivity index (χ0v) is 17.9. The van der Waals surface area contributed by atoms with Crippen molar-refractivity contribution >= 4 is 45.7 Å². The molecule has 1 heterocycles. The van der Waals surface area contributed by atoms with Crippen LogP contribution in [0, 0.1) is 6.92 Å². The number of anilines is 2. The molecule has 150 valence electrons. The second-order valence-electron chi connectivity index (χ2n) is 6.40. The molecule has 6 nitrogen and oxygen atoms in total. The van der Waals surface area contributed by atoms with Crippen molar-refractivity contribution in [2.45, 2.75) is 31.6 Å². The minimum absolute atomic E-state index is 0.123. The first-order valence-electron chi connectivity index (χ1n) is 9.27. The standard InChI is InChI=1S/C21H22N4O2S2/c1-3-6-19-24-25-21(29-19)23-20(27)16-7-4-5-8-17(16)28-13-18(26)22-15-11-9-14(2)10-12-15/h4-5,7-12H,3,6,13H2,1-2H3,(H,22,26)(H,23,25,27). The van der Waals surface area contributed by atoms with Crippen LogP contribution in [0.3, 0.4) is 0 Å². The molecule has 0 unspecified atom stereocenters. The Hall–Kier alpha value is -2.71. The number of nitrogens with one attached hydrogen (secondary N) is 2. The lowest BCUT2D eigenvalue weighted by atomic mass is 10.2. The summed E-state index contributed by atoms with van der Waals surface area (Å²) in [6.45, 7) is 4.07. The van der Waals surface area contributed by atoms with Crippen LogP contribution < -0.4 is 10.6 Å². The third kappa shape index (κ3) is 6.13. The number of amides is 2. The predicted molar refractivity (Wildman–Crippen MR) is 119 cm³/mol. The molecule has 0 aliphatic carbocycles. The molecule has 8 heteroatoms. The molecule has 0 atom stereocenters. The van der Waals surface area contributed by atoms with Gasteiger partial charge in [-0.2, -0.15) is 0 Å². The molecule has 1 aromatic heterocycles. The van der Waals surface area contributed by atoms with Gasteiger partial charge in [-0.15, -0.1) is 22.0 Å². The van der Waals surface area contributed by atoms with E-state index in [9.17, 15) is 9.59 Å². The van der Waals surface area contributed by atoms with Crippen molar-refractivity contribution in [3.8, 4) is 0 Å². The van der Waals surface area contributed by atoms with Crippen molar-refractivity contribution in [3.05, 3.63) is 64.7 Å². The van der Waals surface area contributed by atoms with Gasteiger partial charge in [0.2, 0.25) is 11.0 Å². The van der Waals surface area contributed by atoms with Crippen molar-refractivity contribution < 1.29 is 9.59 Å². The lowest BCUT2D eigenvalue weighted by molar-refractivity contribution is -0.113. The highest BCUT2D eigenvalue weighted by Gasteiger charge is 2.15. The number of benzene rings is 2. The van der Waals surface area contributed by atoms with Gasteiger partial charge < -0.3 is 5.32 Å². The Bertz CT molecular complexity index is 986. The number of thioether (sulfide) groups is 1. The first-order chi connectivity index (χ1) is 14.0. The number of hydrogen-bond donors (Lipinski definition) is 2. The lowest BCUT2D eigenvalue weighted by Crippen LogP contribution is -2.15. The highest BCUT2D eigenvalue weighted by Crippen LogP contribution is 2.25. The average molecular weight is 427 g/mol. The molecule has 0 aliphatic heterocycles. The fourth-order valence-corrected chi connectivity index (χ4v) is 4.23. The van der Waals surface area contributed by atoms with Crippen LogP contribution in [0.25, 0.3) is 0 Å². The zero-order chi connectivity index (χ0) is 20.6. The van der Waals surface area contributed by atoms with Crippen LogP contribution in [0.2, 0.25) is 0 Å². The lowest BCUT2D eigenvalue weighted by Gasteiger charge is -2.09. The molecule has 0 saturated carbocycles. The van der Waals surface area contributed by atoms with E-state index in [0.717, 1.165) is 34.0 Å². The largest absolute Gasteiger partial charge is 0.325 e. The molecule has 0 spiro atoms. The van der Waals surface area contributed by atoms with Gasteiger partial charge in [0.1, 0.15) is 5.01 Å². The second-order valence-corrected chi connectivity index (χ2v) is 8.48. The summed E-state index contributed by atoms with van der Waals surface area (Å²) in [5.74, 6) is -0.175. The molecule has 0 radical (unpaired) electrons. The van der Waals surface area contributed by atoms with Gasteiger partial charge >= 0.3 is 0 Å². The molecule has 2 N–H and O–H groups in total. The SMILES string of the molecule is CCCc1nnc(NC(=O)c2ccccc2SCC(=O)Nc2ccc(C)cc2)s1. The zero-order valence-electron chi connectivity index (χ0n) is 16.3. The minimum Gasteiger partial charge on any atom is -0.325 e. The van der Waals surface area contributed by atoms with Crippen LogP contribution in [-0.4, -0.2) is 27.8 Å². The average Bonchev–Trinajstić information content (AvgIpc) is 3.15. The van der Waals surface area contributed by atoms with Gasteiger partial charge in [0.15, 0.2) is 0 Å². The fraction of sp³-hybridized carbons (Fsp3) is 0.238. The second kappa shape index (κ2) is 10.2. The Kier molecular flexibility index (Phi) is 7.37. The van der Waals surface area contributed by atoms with E-state index in [0.29, 0.717) is 10.7 Å². The maximum absolute atomic E-state index is 12.7. The summed E-state index contributed by atoms with van der Waals surface area (Å²) < 4.78 is 0. The van der Waals surface area contributed by atoms with E-state index in [2.05, 4.69) is 27.8 Å². The normalized spacial score (nSPS) is 10.6. The van der Waals surface area contributed by atoms with Crippen LogP contribution in [-0.2, 0) is 11.2 Å². The van der Waals surface area contributed by atoms with Crippen molar-refractivity contribution in [2.75, 3.05) is 16.4 Å². The fourth-order valence-electron chi connectivity index (χ4n) is 2.54. The molecule has 0 bridgehead atoms. The number of rotatable bonds is 8. The van der Waals surface area contributed by atoms with Gasteiger partial charge in [0.25, 0.3) is 5.91 Å². The molecule has 0 aliphatic rings. The van der Waals surface area contributed by atoms with Crippen LogP contribution in [0.15, 0.2) is 53.4 Å². The Morgan fingerprint density at radius 2 is 1.79 bits per heavy atom. The van der Waals surface area contributed by atoms with Crippen molar-refractivity contribution in [2.24, 2.45) is 0 Å². The molecular weight excluding hydrogens is 404 g/mol. The van der Waals surface area contributed by atoms with E-state index in [1.54, 1.807) is 12.1 Å². The molecule has 2 aromatic carbocycles. The highest BCUT2D eigenvalue weighted by atomic mass is 32.2. The number of aromatic nitrogens is 2. The third-order valence-corrected chi connectivity index (χ3v) is 5.95. The number of carbonyl (C=O) groups excluding carboxylic acids is 2. The van der Waals surface area contributed by atoms with Crippen LogP contribution >= 0.6 is 23.1 Å². The summed E-state index contributed by atoms with van der Waals surface area (Å²) in [7, 11) is 0. The first kappa shape index (κ1) is 21.0. The Labute approximate surface area is 178 Å². The van der Waals surface area contributed by atoms with Crippen molar-refractivity contribution in [1.82, 2.24) is 10.2 Å². The van der Waals surface area contributed by atoms with E-state index in [-0.39, 0.29) is 17.6 Å². The smallest absolute Gasteiger partial charge is 0.258 e. The predicted octanol–water partition coefficient (Wildman–Crippen LogP) is 4.78. The Balaban J connectivity index is 1.61. The minimum atomic E-state index is -0.258. The molecular formula is C21H22N4O2S2. The van der Waals surface area contributed by atoms with Gasteiger partial charge in [-0.05, 0) is 37.6 Å².